The Balaban J connectivity index is 0. The minimum Gasteiger partial charge on any atom is -0.481 e. The molecule has 0 aromatic rings. The Labute approximate surface area is 116 Å². The molecular formula is C14H28O5. The van der Waals surface area contributed by atoms with Crippen LogP contribution in [-0.4, -0.2) is 36.4 Å². The molecule has 3 atom stereocenters. The predicted molar refractivity (Wildman–Crippen MR) is 74.0 cm³/mol. The second-order valence-corrected chi connectivity index (χ2v) is 4.34. The zero-order valence-electron chi connectivity index (χ0n) is 12.9. The molecule has 0 rings (SSSR count). The Morgan fingerprint density at radius 3 is 1.79 bits per heavy atom. The highest BCUT2D eigenvalue weighted by atomic mass is 16.5. The van der Waals surface area contributed by atoms with E-state index in [9.17, 15) is 9.59 Å². The molecule has 0 aliphatic rings. The molecule has 0 spiro atoms. The van der Waals surface area contributed by atoms with E-state index in [1.807, 2.05) is 6.92 Å². The van der Waals surface area contributed by atoms with Gasteiger partial charge in [-0.2, -0.15) is 0 Å². The maximum absolute atomic E-state index is 11.0. The maximum atomic E-state index is 11.0. The lowest BCUT2D eigenvalue weighted by Gasteiger charge is -2.13. The van der Waals surface area contributed by atoms with Gasteiger partial charge in [-0.25, -0.2) is 0 Å². The summed E-state index contributed by atoms with van der Waals surface area (Å²) in [4.78, 5) is 21.4. The van der Waals surface area contributed by atoms with Crippen molar-refractivity contribution in [2.24, 2.45) is 11.8 Å². The van der Waals surface area contributed by atoms with Crippen LogP contribution in [0.2, 0.25) is 0 Å². The van der Waals surface area contributed by atoms with E-state index >= 15 is 0 Å². The fraction of sp³-hybridized carbons (Fsp3) is 0.857. The molecule has 0 aromatic carbocycles. The first kappa shape index (κ1) is 20.2. The molecule has 0 saturated heterocycles. The molecule has 0 aromatic heterocycles. The normalized spacial score (nSPS) is 14.6. The van der Waals surface area contributed by atoms with Crippen LogP contribution in [0.3, 0.4) is 0 Å². The summed E-state index contributed by atoms with van der Waals surface area (Å²) in [5.74, 6) is -2.70. The molecule has 5 nitrogen and oxygen atoms in total. The Bertz CT molecular complexity index is 252. The number of rotatable bonds is 7. The lowest BCUT2D eigenvalue weighted by molar-refractivity contribution is -0.156. The molecular weight excluding hydrogens is 248 g/mol. The molecule has 0 bridgehead atoms. The van der Waals surface area contributed by atoms with E-state index in [-0.39, 0.29) is 6.61 Å². The standard InChI is InChI=1S/C8H14O4.C6H14O/c1-4-12-8(11)6(3)5(2)7(9)10;1-4-6(3)7-5-2/h5-6H,4H2,1-3H3,(H,9,10);6H,4-5H2,1-3H3. The van der Waals surface area contributed by atoms with Crippen LogP contribution in [0.25, 0.3) is 0 Å². The third-order valence-corrected chi connectivity index (χ3v) is 2.82. The zero-order chi connectivity index (χ0) is 15.4. The molecule has 0 aliphatic heterocycles. The van der Waals surface area contributed by atoms with E-state index in [0.717, 1.165) is 13.0 Å². The Morgan fingerprint density at radius 2 is 1.53 bits per heavy atom. The molecule has 0 fully saturated rings. The molecule has 0 heterocycles. The zero-order valence-corrected chi connectivity index (χ0v) is 12.9. The van der Waals surface area contributed by atoms with Crippen molar-refractivity contribution in [2.75, 3.05) is 13.2 Å². The maximum Gasteiger partial charge on any atom is 0.309 e. The van der Waals surface area contributed by atoms with Gasteiger partial charge in [0, 0.05) is 6.61 Å². The number of hydrogen-bond donors (Lipinski definition) is 1. The van der Waals surface area contributed by atoms with Gasteiger partial charge in [-0.1, -0.05) is 20.8 Å². The number of carboxylic acid groups (broad SMARTS) is 1. The summed E-state index contributed by atoms with van der Waals surface area (Å²) in [6.07, 6.45) is 1.57. The average Bonchev–Trinajstić information content (AvgIpc) is 2.38. The van der Waals surface area contributed by atoms with Crippen LogP contribution < -0.4 is 0 Å². The number of carboxylic acids is 1. The minimum absolute atomic E-state index is 0.287. The largest absolute Gasteiger partial charge is 0.481 e. The van der Waals surface area contributed by atoms with E-state index in [4.69, 9.17) is 9.84 Å². The third kappa shape index (κ3) is 10.5. The molecule has 19 heavy (non-hydrogen) atoms. The van der Waals surface area contributed by atoms with Gasteiger partial charge in [-0.15, -0.1) is 0 Å². The van der Waals surface area contributed by atoms with Crippen molar-refractivity contribution in [3.05, 3.63) is 0 Å². The fourth-order valence-corrected chi connectivity index (χ4v) is 1.09. The molecule has 3 unspecified atom stereocenters. The molecule has 0 aliphatic carbocycles. The van der Waals surface area contributed by atoms with Crippen molar-refractivity contribution in [1.82, 2.24) is 0 Å². The van der Waals surface area contributed by atoms with E-state index in [1.165, 1.54) is 6.92 Å². The van der Waals surface area contributed by atoms with Gasteiger partial charge in [-0.05, 0) is 27.2 Å². The number of hydrogen-bond acceptors (Lipinski definition) is 4. The first-order chi connectivity index (χ1) is 8.81. The Kier molecular flexibility index (Phi) is 12.7. The van der Waals surface area contributed by atoms with Crippen LogP contribution in [0.15, 0.2) is 0 Å². The molecule has 0 amide bonds. The number of carbonyl (C=O) groups excluding carboxylic acids is 1. The van der Waals surface area contributed by atoms with Crippen LogP contribution >= 0.6 is 0 Å². The number of esters is 1. The second-order valence-electron chi connectivity index (χ2n) is 4.34. The van der Waals surface area contributed by atoms with Crippen molar-refractivity contribution in [1.29, 1.82) is 0 Å². The molecule has 0 radical (unpaired) electrons. The van der Waals surface area contributed by atoms with Gasteiger partial charge in [0.1, 0.15) is 0 Å². The van der Waals surface area contributed by atoms with Crippen LogP contribution in [0.1, 0.15) is 48.0 Å². The monoisotopic (exact) mass is 276 g/mol. The highest BCUT2D eigenvalue weighted by Gasteiger charge is 2.26. The van der Waals surface area contributed by atoms with Crippen LogP contribution in [-0.2, 0) is 19.1 Å². The number of ether oxygens (including phenoxy) is 2. The summed E-state index contributed by atoms with van der Waals surface area (Å²) in [6.45, 7) is 12.1. The van der Waals surface area contributed by atoms with Crippen molar-refractivity contribution in [3.8, 4) is 0 Å². The van der Waals surface area contributed by atoms with Gasteiger partial charge in [-0.3, -0.25) is 9.59 Å². The van der Waals surface area contributed by atoms with Gasteiger partial charge in [0.2, 0.25) is 0 Å². The summed E-state index contributed by atoms with van der Waals surface area (Å²) < 4.78 is 9.86. The topological polar surface area (TPSA) is 72.8 Å². The smallest absolute Gasteiger partial charge is 0.309 e. The quantitative estimate of drug-likeness (QED) is 0.724. The van der Waals surface area contributed by atoms with Crippen molar-refractivity contribution >= 4 is 11.9 Å². The highest BCUT2D eigenvalue weighted by molar-refractivity contribution is 5.80. The van der Waals surface area contributed by atoms with Gasteiger partial charge >= 0.3 is 11.9 Å². The molecule has 0 saturated carbocycles. The Hall–Kier alpha value is -1.10. The molecule has 1 N–H and O–H groups in total. The number of aliphatic carboxylic acids is 1. The SMILES string of the molecule is CCOC(=O)C(C)C(C)C(=O)O.CCOC(C)CC. The van der Waals surface area contributed by atoms with Gasteiger partial charge in [0.15, 0.2) is 0 Å². The average molecular weight is 276 g/mol. The fourth-order valence-electron chi connectivity index (χ4n) is 1.09. The number of carbonyl (C=O) groups is 2. The van der Waals surface area contributed by atoms with E-state index in [2.05, 4.69) is 18.6 Å². The third-order valence-electron chi connectivity index (χ3n) is 2.82. The van der Waals surface area contributed by atoms with Crippen molar-refractivity contribution in [3.63, 3.8) is 0 Å². The van der Waals surface area contributed by atoms with E-state index < -0.39 is 23.8 Å². The van der Waals surface area contributed by atoms with Gasteiger partial charge in [0.05, 0.1) is 24.5 Å². The highest BCUT2D eigenvalue weighted by Crippen LogP contribution is 2.12. The predicted octanol–water partition coefficient (Wildman–Crippen LogP) is 2.73. The first-order valence-electron chi connectivity index (χ1n) is 6.82. The summed E-state index contributed by atoms with van der Waals surface area (Å²) in [5, 5.41) is 8.56. The lowest BCUT2D eigenvalue weighted by Crippen LogP contribution is -2.26. The Morgan fingerprint density at radius 1 is 1.00 bits per heavy atom. The van der Waals surface area contributed by atoms with Crippen LogP contribution in [0.5, 0.6) is 0 Å². The van der Waals surface area contributed by atoms with Crippen molar-refractivity contribution in [2.45, 2.75) is 54.1 Å². The van der Waals surface area contributed by atoms with Gasteiger partial charge in [0.25, 0.3) is 0 Å². The first-order valence-corrected chi connectivity index (χ1v) is 6.82. The second kappa shape index (κ2) is 12.0. The summed E-state index contributed by atoms with van der Waals surface area (Å²) in [5.41, 5.74) is 0. The van der Waals surface area contributed by atoms with E-state index in [0.29, 0.717) is 6.10 Å². The van der Waals surface area contributed by atoms with Gasteiger partial charge < -0.3 is 14.6 Å². The summed E-state index contributed by atoms with van der Waals surface area (Å²) in [7, 11) is 0. The molecule has 114 valence electrons. The summed E-state index contributed by atoms with van der Waals surface area (Å²) in [6, 6.07) is 0. The summed E-state index contributed by atoms with van der Waals surface area (Å²) >= 11 is 0. The van der Waals surface area contributed by atoms with Crippen LogP contribution in [0.4, 0.5) is 0 Å². The lowest BCUT2D eigenvalue weighted by atomic mass is 9.96. The van der Waals surface area contributed by atoms with Crippen LogP contribution in [0, 0.1) is 11.8 Å². The van der Waals surface area contributed by atoms with E-state index in [1.54, 1.807) is 13.8 Å². The minimum atomic E-state index is -0.976. The molecule has 5 heteroatoms. The van der Waals surface area contributed by atoms with Crippen molar-refractivity contribution < 1.29 is 24.2 Å².